The Balaban J connectivity index is 1.46. The fourth-order valence-corrected chi connectivity index (χ4v) is 10.2. The van der Waals surface area contributed by atoms with Crippen molar-refractivity contribution in [2.24, 2.45) is 0 Å². The normalized spacial score (nSPS) is 11.8. The summed E-state index contributed by atoms with van der Waals surface area (Å²) in [5.41, 5.74) is -62.2. The molecule has 0 amide bonds. The van der Waals surface area contributed by atoms with Crippen LogP contribution in [0.5, 0.6) is 0 Å². The third-order valence-corrected chi connectivity index (χ3v) is 14.7. The van der Waals surface area contributed by atoms with Gasteiger partial charge in [0.2, 0.25) is 23.3 Å². The minimum absolute atomic E-state index is 1.48. The van der Waals surface area contributed by atoms with Gasteiger partial charge in [0.1, 0.15) is 29.1 Å². The Bertz CT molecular complexity index is 5080. The number of hydrogen-bond donors (Lipinski definition) is 0. The molecular weight excluding hydrogens is 1500 g/mol. The number of rotatable bonds is 9. The molecule has 0 saturated heterocycles. The SMILES string of the molecule is Fc1c(F)c(F)c(-c2c(F)c(F)c(-c3cc(-c4c(F)c(-c5c(F)c(F)c(-c6c(F)c(F)c(F)c(F)c6F)c(F)c5F)c(F)c(-c5c(F)c(F)c(-c6c(F)c(F)c(F)c(F)c6F)c(F)c5F)c4F)c(F)c(-c4c(F)c(F)c(-c5c(F)c(F)c(F)c(F)c5F)c(F)c4F)c3F)c(F)c2F)c(F)c1F. The first-order chi connectivity index (χ1) is 46.8. The lowest BCUT2D eigenvalue weighted by Gasteiger charge is -2.22. The van der Waals surface area contributed by atoms with Crippen LogP contribution < -0.4 is 0 Å². The monoisotopic (exact) mass is 1500 g/mol. The predicted octanol–water partition coefficient (Wildman–Crippen LogP) is 22.4. The highest BCUT2D eigenvalue weighted by Gasteiger charge is 2.45. The fraction of sp³-hybridized carbons (Fsp3) is 0. The van der Waals surface area contributed by atoms with Crippen LogP contribution in [0, 0.1) is 239 Å². The van der Waals surface area contributed by atoms with Crippen LogP contribution in [0.1, 0.15) is 0 Å². The summed E-state index contributed by atoms with van der Waals surface area (Å²) in [6, 6.07) is -1.48. The van der Waals surface area contributed by atoms with Crippen LogP contribution in [0.3, 0.4) is 0 Å². The van der Waals surface area contributed by atoms with Crippen molar-refractivity contribution in [2.45, 2.75) is 0 Å². The molecule has 10 aromatic rings. The van der Waals surface area contributed by atoms with Gasteiger partial charge >= 0.3 is 0 Å². The van der Waals surface area contributed by atoms with Gasteiger partial charge in [-0.15, -0.1) is 0 Å². The first-order valence-electron chi connectivity index (χ1n) is 25.1. The number of hydrogen-bond acceptors (Lipinski definition) is 0. The molecule has 0 saturated carbocycles. The van der Waals surface area contributed by atoms with Crippen LogP contribution in [-0.2, 0) is 0 Å². The van der Waals surface area contributed by atoms with E-state index in [1.807, 2.05) is 0 Å². The van der Waals surface area contributed by atoms with E-state index in [1.165, 1.54) is 0 Å². The van der Waals surface area contributed by atoms with Crippen molar-refractivity contribution in [1.29, 1.82) is 0 Å². The number of benzene rings is 10. The van der Waals surface area contributed by atoms with E-state index in [0.29, 0.717) is 0 Å². The van der Waals surface area contributed by atoms with Crippen molar-refractivity contribution in [3.8, 4) is 100 Å². The number of halogens is 41. The molecule has 0 aromatic heterocycles. The molecule has 0 N–H and O–H groups in total. The highest BCUT2D eigenvalue weighted by atomic mass is 19.2. The molecule has 0 unspecified atom stereocenters. The second kappa shape index (κ2) is 24.9. The van der Waals surface area contributed by atoms with E-state index in [4.69, 9.17) is 0 Å². The second-order valence-electron chi connectivity index (χ2n) is 19.8. The highest BCUT2D eigenvalue weighted by Crippen LogP contribution is 2.54. The van der Waals surface area contributed by atoms with Gasteiger partial charge < -0.3 is 0 Å². The van der Waals surface area contributed by atoms with Gasteiger partial charge in [0.15, 0.2) is 186 Å². The second-order valence-corrected chi connectivity index (χ2v) is 19.8. The molecule has 0 nitrogen and oxygen atoms in total. The smallest absolute Gasteiger partial charge is 0.200 e. The summed E-state index contributed by atoms with van der Waals surface area (Å²) in [6.45, 7) is 0. The Hall–Kier alpha value is -10.7. The standard InChI is InChI=1S/C60HF41/c61-20-2(1-3(5-25(66)27(68)12(28(69)26(5)67)16-41(82)49(90)57(98)50(91)42(16)83)21(62)6(20)9-29(70)35(76)13(36(77)30(9)71)17-43(84)51(92)58(99)52(93)44(17)85)4-22(63)7(10-31(72)37(78)14(38(79)32(10)73)18-45(86)53(94)59(100)54(95)46(18)87)24(65)8(23(4)64)11-33(74)39(80)15(40(81)34(11)75)19-47(88)55(96)60(101)56(97)48(19)89/h1H. The lowest BCUT2D eigenvalue weighted by atomic mass is 9.85. The van der Waals surface area contributed by atoms with E-state index >= 15 is 127 Å². The average molecular weight is 1500 g/mol. The van der Waals surface area contributed by atoms with Crippen molar-refractivity contribution in [3.63, 3.8) is 0 Å². The average Bonchev–Trinajstić information content (AvgIpc) is 0.773. The van der Waals surface area contributed by atoms with Crippen LogP contribution >= 0.6 is 0 Å². The molecule has 41 heteroatoms. The van der Waals surface area contributed by atoms with Crippen molar-refractivity contribution in [3.05, 3.63) is 245 Å². The van der Waals surface area contributed by atoms with Crippen LogP contribution in [0.15, 0.2) is 6.07 Å². The fourth-order valence-electron chi connectivity index (χ4n) is 10.2. The summed E-state index contributed by atoms with van der Waals surface area (Å²) in [6.07, 6.45) is 0. The maximum Gasteiger partial charge on any atom is 0.200 e. The van der Waals surface area contributed by atoms with Gasteiger partial charge in [0, 0.05) is 11.1 Å². The third kappa shape index (κ3) is 9.98. The maximum absolute atomic E-state index is 17.8. The molecule has 0 heterocycles. The van der Waals surface area contributed by atoms with Gasteiger partial charge in [0.25, 0.3) is 0 Å². The van der Waals surface area contributed by atoms with Gasteiger partial charge in [-0.25, -0.2) is 180 Å². The van der Waals surface area contributed by atoms with E-state index in [0.717, 1.165) is 0 Å². The summed E-state index contributed by atoms with van der Waals surface area (Å²) in [5, 5.41) is 0. The van der Waals surface area contributed by atoms with Crippen molar-refractivity contribution in [1.82, 2.24) is 0 Å². The molecule has 10 rings (SSSR count). The van der Waals surface area contributed by atoms with Crippen LogP contribution in [0.4, 0.5) is 180 Å². The van der Waals surface area contributed by atoms with Crippen LogP contribution in [-0.4, -0.2) is 0 Å². The molecule has 0 fully saturated rings. The van der Waals surface area contributed by atoms with Gasteiger partial charge in [-0.1, -0.05) is 0 Å². The first-order valence-corrected chi connectivity index (χ1v) is 25.1. The molecule has 0 aliphatic heterocycles. The van der Waals surface area contributed by atoms with Gasteiger partial charge in [-0.05, 0) is 6.07 Å². The zero-order valence-electron chi connectivity index (χ0n) is 45.6. The van der Waals surface area contributed by atoms with Crippen molar-refractivity contribution in [2.75, 3.05) is 0 Å². The summed E-state index contributed by atoms with van der Waals surface area (Å²) in [4.78, 5) is 0. The summed E-state index contributed by atoms with van der Waals surface area (Å²) >= 11 is 0. The minimum atomic E-state index is -4.09. The van der Waals surface area contributed by atoms with E-state index in [2.05, 4.69) is 0 Å². The zero-order valence-corrected chi connectivity index (χ0v) is 45.6. The van der Waals surface area contributed by atoms with Gasteiger partial charge in [0.05, 0.1) is 89.0 Å². The Morgan fingerprint density at radius 1 is 0.0792 bits per heavy atom. The lowest BCUT2D eigenvalue weighted by Crippen LogP contribution is -2.14. The molecule has 0 radical (unpaired) electrons. The van der Waals surface area contributed by atoms with Crippen LogP contribution in [0.25, 0.3) is 100 Å². The molecule has 0 spiro atoms. The molecule has 10 aromatic carbocycles. The largest absolute Gasteiger partial charge is 0.206 e. The quantitative estimate of drug-likeness (QED) is 0.0768. The molecule has 101 heavy (non-hydrogen) atoms. The first kappa shape index (κ1) is 73.1. The van der Waals surface area contributed by atoms with Gasteiger partial charge in [-0.3, -0.25) is 0 Å². The van der Waals surface area contributed by atoms with E-state index < -0.39 is 345 Å². The highest BCUT2D eigenvalue weighted by molar-refractivity contribution is 5.91. The van der Waals surface area contributed by atoms with Crippen LogP contribution in [0.2, 0.25) is 0 Å². The third-order valence-electron chi connectivity index (χ3n) is 14.7. The molecular formula is C60HF41. The Morgan fingerprint density at radius 3 is 0.307 bits per heavy atom. The lowest BCUT2D eigenvalue weighted by molar-refractivity contribution is 0.379. The van der Waals surface area contributed by atoms with E-state index in [-0.39, 0.29) is 0 Å². The van der Waals surface area contributed by atoms with E-state index in [1.54, 1.807) is 0 Å². The molecule has 0 bridgehead atoms. The predicted molar refractivity (Wildman–Crippen MR) is 254 cm³/mol. The molecule has 0 atom stereocenters. The topological polar surface area (TPSA) is 0 Å². The summed E-state index contributed by atoms with van der Waals surface area (Å²) < 4.78 is 642. The zero-order chi connectivity index (χ0) is 75.8. The van der Waals surface area contributed by atoms with E-state index in [9.17, 15) is 52.7 Å². The summed E-state index contributed by atoms with van der Waals surface area (Å²) in [5.74, 6) is -150. The van der Waals surface area contributed by atoms with Crippen molar-refractivity contribution >= 4 is 0 Å². The molecule has 0 aliphatic rings. The Kier molecular flexibility index (Phi) is 18.0. The summed E-state index contributed by atoms with van der Waals surface area (Å²) in [7, 11) is 0. The maximum atomic E-state index is 17.8. The Labute approximate surface area is 524 Å². The van der Waals surface area contributed by atoms with Crippen molar-refractivity contribution < 1.29 is 180 Å². The van der Waals surface area contributed by atoms with Gasteiger partial charge in [-0.2, -0.15) is 0 Å². The molecule has 528 valence electrons. The Morgan fingerprint density at radius 2 is 0.158 bits per heavy atom. The minimum Gasteiger partial charge on any atom is -0.206 e. The molecule has 0 aliphatic carbocycles.